The molecule has 1 amide bonds. The van der Waals surface area contributed by atoms with Crippen LogP contribution in [0.1, 0.15) is 42.9 Å². The van der Waals surface area contributed by atoms with Crippen molar-refractivity contribution >= 4 is 33.4 Å². The molecule has 124 valence electrons. The average Bonchev–Trinajstić information content (AvgIpc) is 2.82. The third-order valence-electron chi connectivity index (χ3n) is 2.46. The maximum Gasteiger partial charge on any atom is 0.421 e. The number of carbonyl (C=O) groups excluding carboxylic acids is 2. The van der Waals surface area contributed by atoms with Gasteiger partial charge in [-0.1, -0.05) is 6.92 Å². The molecule has 0 spiro atoms. The van der Waals surface area contributed by atoms with Crippen molar-refractivity contribution in [2.45, 2.75) is 45.1 Å². The predicted octanol–water partition coefficient (Wildman–Crippen LogP) is 2.31. The number of carbonyl (C=O) groups is 2. The van der Waals surface area contributed by atoms with Crippen LogP contribution in [0.15, 0.2) is 10.3 Å². The third-order valence-corrected chi connectivity index (χ3v) is 5.16. The molecule has 0 unspecified atom stereocenters. The Kier molecular flexibility index (Phi) is 6.36. The zero-order valence-electron chi connectivity index (χ0n) is 12.8. The lowest BCUT2D eigenvalue weighted by atomic mass is 10.3. The minimum absolute atomic E-state index is 0.0356. The van der Waals surface area contributed by atoms with Crippen LogP contribution >= 0.6 is 11.3 Å². The van der Waals surface area contributed by atoms with Crippen LogP contribution in [0.5, 0.6) is 0 Å². The number of ether oxygens (including phenoxy) is 2. The molecule has 1 aromatic heterocycles. The third kappa shape index (κ3) is 4.44. The second-order valence-corrected chi connectivity index (χ2v) is 7.12. The average molecular weight is 349 g/mol. The van der Waals surface area contributed by atoms with Gasteiger partial charge in [-0.15, -0.1) is 11.3 Å². The fraction of sp³-hybridized carbons (Fsp3) is 0.538. The minimum Gasteiger partial charge on any atom is -0.459 e. The molecule has 0 atom stereocenters. The lowest BCUT2D eigenvalue weighted by Gasteiger charge is -2.11. The quantitative estimate of drug-likeness (QED) is 0.791. The van der Waals surface area contributed by atoms with Crippen LogP contribution in [0.25, 0.3) is 0 Å². The topological polar surface area (TPSA) is 98.8 Å². The van der Waals surface area contributed by atoms with Gasteiger partial charge in [0.25, 0.3) is 10.0 Å². The molecule has 0 bridgehead atoms. The second kappa shape index (κ2) is 7.59. The van der Waals surface area contributed by atoms with Crippen LogP contribution < -0.4 is 4.72 Å². The van der Waals surface area contributed by atoms with Gasteiger partial charge in [0.1, 0.15) is 4.90 Å². The first kappa shape index (κ1) is 18.4. The van der Waals surface area contributed by atoms with Gasteiger partial charge >= 0.3 is 12.1 Å². The molecular formula is C13H19NO6S2. The van der Waals surface area contributed by atoms with Crippen molar-refractivity contribution in [1.29, 1.82) is 0 Å². The van der Waals surface area contributed by atoms with Gasteiger partial charge in [-0.25, -0.2) is 22.7 Å². The summed E-state index contributed by atoms with van der Waals surface area (Å²) < 4.78 is 36.1. The molecule has 1 N–H and O–H groups in total. The van der Waals surface area contributed by atoms with Gasteiger partial charge in [-0.3, -0.25) is 0 Å². The van der Waals surface area contributed by atoms with E-state index in [9.17, 15) is 18.0 Å². The smallest absolute Gasteiger partial charge is 0.421 e. The molecule has 0 radical (unpaired) electrons. The van der Waals surface area contributed by atoms with Gasteiger partial charge in [-0.2, -0.15) is 0 Å². The van der Waals surface area contributed by atoms with Crippen molar-refractivity contribution in [2.24, 2.45) is 0 Å². The molecule has 0 aliphatic rings. The molecule has 0 aliphatic carbocycles. The van der Waals surface area contributed by atoms with Crippen LogP contribution in [0.4, 0.5) is 4.79 Å². The highest BCUT2D eigenvalue weighted by molar-refractivity contribution is 7.90. The fourth-order valence-electron chi connectivity index (χ4n) is 1.67. The molecule has 1 heterocycles. The van der Waals surface area contributed by atoms with Gasteiger partial charge < -0.3 is 9.47 Å². The monoisotopic (exact) mass is 349 g/mol. The van der Waals surface area contributed by atoms with Crippen LogP contribution in [0, 0.1) is 0 Å². The Morgan fingerprint density at radius 1 is 1.32 bits per heavy atom. The first-order chi connectivity index (χ1) is 10.2. The number of hydrogen-bond acceptors (Lipinski definition) is 7. The standard InChI is InChI=1S/C13H19NO6S2/c1-5-10-11(22(17,18)14-13(16)19-6-2)9(7-21-10)12(15)20-8(3)4/h7-8H,5-6H2,1-4H3,(H,14,16). The predicted molar refractivity (Wildman–Crippen MR) is 81.6 cm³/mol. The van der Waals surface area contributed by atoms with Crippen LogP contribution in [-0.2, 0) is 25.9 Å². The van der Waals surface area contributed by atoms with E-state index in [1.165, 1.54) is 5.38 Å². The van der Waals surface area contributed by atoms with Crippen molar-refractivity contribution in [3.8, 4) is 0 Å². The number of amides is 1. The molecule has 0 aromatic carbocycles. The summed E-state index contributed by atoms with van der Waals surface area (Å²) >= 11 is 1.13. The van der Waals surface area contributed by atoms with Gasteiger partial charge in [0.05, 0.1) is 18.3 Å². The van der Waals surface area contributed by atoms with E-state index in [0.29, 0.717) is 11.3 Å². The second-order valence-electron chi connectivity index (χ2n) is 4.54. The van der Waals surface area contributed by atoms with E-state index in [-0.39, 0.29) is 23.2 Å². The molecule has 0 fully saturated rings. The zero-order valence-corrected chi connectivity index (χ0v) is 14.5. The zero-order chi connectivity index (χ0) is 16.9. The Bertz CT molecular complexity index is 647. The number of aryl methyl sites for hydroxylation is 1. The summed E-state index contributed by atoms with van der Waals surface area (Å²) in [7, 11) is -4.21. The van der Waals surface area contributed by atoms with Gasteiger partial charge in [0, 0.05) is 10.3 Å². The lowest BCUT2D eigenvalue weighted by Crippen LogP contribution is -2.32. The molecule has 9 heteroatoms. The molecule has 1 rings (SSSR count). The highest BCUT2D eigenvalue weighted by atomic mass is 32.2. The van der Waals surface area contributed by atoms with E-state index in [1.807, 2.05) is 0 Å². The Morgan fingerprint density at radius 2 is 1.95 bits per heavy atom. The van der Waals surface area contributed by atoms with Crippen molar-refractivity contribution in [1.82, 2.24) is 4.72 Å². The molecule has 7 nitrogen and oxygen atoms in total. The Hall–Kier alpha value is -1.61. The summed E-state index contributed by atoms with van der Waals surface area (Å²) in [5.41, 5.74) is -0.0765. The van der Waals surface area contributed by atoms with Crippen molar-refractivity contribution in [3.63, 3.8) is 0 Å². The maximum atomic E-state index is 12.4. The maximum absolute atomic E-state index is 12.4. The Balaban J connectivity index is 3.23. The van der Waals surface area contributed by atoms with Crippen molar-refractivity contribution in [3.05, 3.63) is 15.8 Å². The molecule has 1 aromatic rings. The fourth-order valence-corrected chi connectivity index (χ4v) is 4.33. The molecular weight excluding hydrogens is 330 g/mol. The highest BCUT2D eigenvalue weighted by Crippen LogP contribution is 2.29. The molecule has 0 saturated heterocycles. The minimum atomic E-state index is -4.21. The lowest BCUT2D eigenvalue weighted by molar-refractivity contribution is 0.0373. The van der Waals surface area contributed by atoms with E-state index in [4.69, 9.17) is 4.74 Å². The van der Waals surface area contributed by atoms with Crippen molar-refractivity contribution < 1.29 is 27.5 Å². The van der Waals surface area contributed by atoms with E-state index in [0.717, 1.165) is 11.3 Å². The van der Waals surface area contributed by atoms with Crippen LogP contribution in [0.2, 0.25) is 0 Å². The van der Waals surface area contributed by atoms with Gasteiger partial charge in [0.15, 0.2) is 0 Å². The van der Waals surface area contributed by atoms with E-state index >= 15 is 0 Å². The normalized spacial score (nSPS) is 11.3. The first-order valence-corrected chi connectivity index (χ1v) is 9.10. The largest absolute Gasteiger partial charge is 0.459 e. The Morgan fingerprint density at radius 3 is 2.45 bits per heavy atom. The number of thiophene rings is 1. The number of nitrogens with one attached hydrogen (secondary N) is 1. The molecule has 0 saturated carbocycles. The summed E-state index contributed by atoms with van der Waals surface area (Å²) in [6.07, 6.45) is -1.07. The number of esters is 1. The molecule has 0 aliphatic heterocycles. The van der Waals surface area contributed by atoms with E-state index < -0.39 is 22.1 Å². The summed E-state index contributed by atoms with van der Waals surface area (Å²) in [6, 6.07) is 0. The van der Waals surface area contributed by atoms with E-state index in [2.05, 4.69) is 4.74 Å². The summed E-state index contributed by atoms with van der Waals surface area (Å²) in [4.78, 5) is 23.7. The van der Waals surface area contributed by atoms with Crippen molar-refractivity contribution in [2.75, 3.05) is 6.61 Å². The molecule has 22 heavy (non-hydrogen) atoms. The summed E-state index contributed by atoms with van der Waals surface area (Å²) in [5, 5.41) is 1.42. The number of sulfonamides is 1. The number of rotatable bonds is 6. The first-order valence-electron chi connectivity index (χ1n) is 6.73. The Labute approximate surface area is 133 Å². The van der Waals surface area contributed by atoms with E-state index in [1.54, 1.807) is 32.4 Å². The summed E-state index contributed by atoms with van der Waals surface area (Å²) in [6.45, 7) is 6.67. The highest BCUT2D eigenvalue weighted by Gasteiger charge is 2.30. The van der Waals surface area contributed by atoms with Crippen LogP contribution in [0.3, 0.4) is 0 Å². The van der Waals surface area contributed by atoms with Gasteiger partial charge in [-0.05, 0) is 27.2 Å². The van der Waals surface area contributed by atoms with Crippen LogP contribution in [-0.4, -0.2) is 33.2 Å². The van der Waals surface area contributed by atoms with Gasteiger partial charge in [0.2, 0.25) is 0 Å². The number of hydrogen-bond donors (Lipinski definition) is 1. The SMILES string of the molecule is CCOC(=O)NS(=O)(=O)c1c(C(=O)OC(C)C)csc1CC. The summed E-state index contributed by atoms with van der Waals surface area (Å²) in [5.74, 6) is -0.741.